The number of rotatable bonds is 7. The Kier molecular flexibility index (Phi) is 6.37. The van der Waals surface area contributed by atoms with Gasteiger partial charge in [-0.1, -0.05) is 0 Å². The van der Waals surface area contributed by atoms with Crippen LogP contribution in [-0.2, 0) is 10.0 Å². The molecule has 0 saturated carbocycles. The summed E-state index contributed by atoms with van der Waals surface area (Å²) in [6.45, 7) is 3.43. The van der Waals surface area contributed by atoms with Crippen molar-refractivity contribution >= 4 is 33.0 Å². The highest BCUT2D eigenvalue weighted by molar-refractivity contribution is 7.89. The standard InChI is InChI=1S/C18H22N4O5S/c1-12(2)20-28(26,27)15-8-6-14(7-9-15)19-18(23)13-5-10-16(21(3)4)17(11-13)22(24)25/h5-12,20H,1-4H3,(H,19,23). The highest BCUT2D eigenvalue weighted by Gasteiger charge is 2.19. The molecule has 0 aliphatic rings. The Labute approximate surface area is 163 Å². The fourth-order valence-corrected chi connectivity index (χ4v) is 3.74. The van der Waals surface area contributed by atoms with Gasteiger partial charge in [0.1, 0.15) is 5.69 Å². The number of amides is 1. The summed E-state index contributed by atoms with van der Waals surface area (Å²) in [5.74, 6) is -0.538. The minimum Gasteiger partial charge on any atom is -0.372 e. The zero-order valence-electron chi connectivity index (χ0n) is 16.0. The molecule has 0 aliphatic heterocycles. The number of nitrogens with one attached hydrogen (secondary N) is 2. The summed E-state index contributed by atoms with van der Waals surface area (Å²) in [6.07, 6.45) is 0. The molecular weight excluding hydrogens is 384 g/mol. The molecule has 2 aromatic carbocycles. The summed E-state index contributed by atoms with van der Waals surface area (Å²) in [6, 6.07) is 9.60. The molecule has 0 fully saturated rings. The third-order valence-corrected chi connectivity index (χ3v) is 5.40. The van der Waals surface area contributed by atoms with Gasteiger partial charge in [0.15, 0.2) is 0 Å². The normalized spacial score (nSPS) is 11.3. The van der Waals surface area contributed by atoms with Gasteiger partial charge in [-0.3, -0.25) is 14.9 Å². The smallest absolute Gasteiger partial charge is 0.293 e. The first-order chi connectivity index (χ1) is 13.0. The average molecular weight is 406 g/mol. The summed E-state index contributed by atoms with van der Waals surface area (Å²) in [7, 11) is -0.282. The number of sulfonamides is 1. The van der Waals surface area contributed by atoms with Gasteiger partial charge in [-0.05, 0) is 50.2 Å². The number of carbonyl (C=O) groups excluding carboxylic acids is 1. The van der Waals surface area contributed by atoms with Crippen LogP contribution in [0.1, 0.15) is 24.2 Å². The van der Waals surface area contributed by atoms with Crippen LogP contribution in [0, 0.1) is 10.1 Å². The predicted molar refractivity (Wildman–Crippen MR) is 107 cm³/mol. The number of benzene rings is 2. The zero-order chi connectivity index (χ0) is 21.1. The monoisotopic (exact) mass is 406 g/mol. The van der Waals surface area contributed by atoms with E-state index >= 15 is 0 Å². The van der Waals surface area contributed by atoms with Gasteiger partial charge in [-0.15, -0.1) is 0 Å². The predicted octanol–water partition coefficient (Wildman–Crippen LogP) is 2.60. The Bertz CT molecular complexity index is 986. The van der Waals surface area contributed by atoms with Gasteiger partial charge in [0, 0.05) is 37.5 Å². The molecule has 1 amide bonds. The van der Waals surface area contributed by atoms with E-state index in [4.69, 9.17) is 0 Å². The Balaban J connectivity index is 2.21. The average Bonchev–Trinajstić information content (AvgIpc) is 2.60. The Morgan fingerprint density at radius 2 is 1.71 bits per heavy atom. The third-order valence-electron chi connectivity index (χ3n) is 3.73. The topological polar surface area (TPSA) is 122 Å². The molecule has 0 saturated heterocycles. The van der Waals surface area contributed by atoms with Crippen molar-refractivity contribution in [2.24, 2.45) is 0 Å². The second-order valence-electron chi connectivity index (χ2n) is 6.61. The molecule has 0 bridgehead atoms. The van der Waals surface area contributed by atoms with E-state index < -0.39 is 20.9 Å². The molecule has 2 aromatic rings. The summed E-state index contributed by atoms with van der Waals surface area (Å²) in [5.41, 5.74) is 0.691. The Hall–Kier alpha value is -2.98. The first-order valence-corrected chi connectivity index (χ1v) is 9.89. The summed E-state index contributed by atoms with van der Waals surface area (Å²) < 4.78 is 26.7. The molecule has 0 heterocycles. The number of nitro groups is 1. The second-order valence-corrected chi connectivity index (χ2v) is 8.32. The van der Waals surface area contributed by atoms with Crippen LogP contribution >= 0.6 is 0 Å². The molecule has 0 aromatic heterocycles. The number of hydrogen-bond donors (Lipinski definition) is 2. The zero-order valence-corrected chi connectivity index (χ0v) is 16.8. The fraction of sp³-hybridized carbons (Fsp3) is 0.278. The molecule has 2 N–H and O–H groups in total. The van der Waals surface area contributed by atoms with Crippen molar-refractivity contribution in [3.8, 4) is 0 Å². The van der Waals surface area contributed by atoms with Crippen molar-refractivity contribution < 1.29 is 18.1 Å². The lowest BCUT2D eigenvalue weighted by Gasteiger charge is -2.13. The van der Waals surface area contributed by atoms with Crippen LogP contribution in [0.5, 0.6) is 0 Å². The number of anilines is 2. The van der Waals surface area contributed by atoms with Crippen LogP contribution in [-0.4, -0.2) is 39.4 Å². The van der Waals surface area contributed by atoms with Crippen molar-refractivity contribution in [2.75, 3.05) is 24.3 Å². The van der Waals surface area contributed by atoms with Crippen molar-refractivity contribution in [3.63, 3.8) is 0 Å². The molecule has 28 heavy (non-hydrogen) atoms. The van der Waals surface area contributed by atoms with Crippen molar-refractivity contribution in [1.29, 1.82) is 0 Å². The van der Waals surface area contributed by atoms with Crippen LogP contribution in [0.15, 0.2) is 47.4 Å². The summed E-state index contributed by atoms with van der Waals surface area (Å²) in [4.78, 5) is 24.8. The fourth-order valence-electron chi connectivity index (χ4n) is 2.49. The van der Waals surface area contributed by atoms with Gasteiger partial charge in [-0.25, -0.2) is 13.1 Å². The lowest BCUT2D eigenvalue weighted by atomic mass is 10.1. The SMILES string of the molecule is CC(C)NS(=O)(=O)c1ccc(NC(=O)c2ccc(N(C)C)c([N+](=O)[O-])c2)cc1. The Morgan fingerprint density at radius 3 is 2.21 bits per heavy atom. The van der Waals surface area contributed by atoms with E-state index in [-0.39, 0.29) is 22.2 Å². The van der Waals surface area contributed by atoms with Gasteiger partial charge in [-0.2, -0.15) is 0 Å². The van der Waals surface area contributed by atoms with E-state index in [0.29, 0.717) is 11.4 Å². The van der Waals surface area contributed by atoms with E-state index in [2.05, 4.69) is 10.0 Å². The van der Waals surface area contributed by atoms with E-state index in [1.807, 2.05) is 0 Å². The molecule has 10 heteroatoms. The van der Waals surface area contributed by atoms with Crippen LogP contribution in [0.4, 0.5) is 17.1 Å². The van der Waals surface area contributed by atoms with E-state index in [1.165, 1.54) is 42.5 Å². The van der Waals surface area contributed by atoms with E-state index in [9.17, 15) is 23.3 Å². The molecule has 0 unspecified atom stereocenters. The number of carbonyl (C=O) groups is 1. The maximum atomic E-state index is 12.4. The highest BCUT2D eigenvalue weighted by atomic mass is 32.2. The van der Waals surface area contributed by atoms with Gasteiger partial charge in [0.2, 0.25) is 10.0 Å². The second kappa shape index (κ2) is 8.36. The summed E-state index contributed by atoms with van der Waals surface area (Å²) in [5, 5.41) is 13.9. The van der Waals surface area contributed by atoms with Crippen LogP contribution < -0.4 is 14.9 Å². The maximum Gasteiger partial charge on any atom is 0.293 e. The van der Waals surface area contributed by atoms with Crippen molar-refractivity contribution in [2.45, 2.75) is 24.8 Å². The minimum absolute atomic E-state index is 0.0742. The molecule has 150 valence electrons. The molecule has 9 nitrogen and oxygen atoms in total. The number of nitrogens with zero attached hydrogens (tertiary/aromatic N) is 2. The van der Waals surface area contributed by atoms with Crippen LogP contribution in [0.25, 0.3) is 0 Å². The molecule has 0 spiro atoms. The molecule has 0 aliphatic carbocycles. The van der Waals surface area contributed by atoms with Gasteiger partial charge in [0.05, 0.1) is 9.82 Å². The molecule has 2 rings (SSSR count). The number of hydrogen-bond acceptors (Lipinski definition) is 6. The van der Waals surface area contributed by atoms with E-state index in [0.717, 1.165) is 0 Å². The van der Waals surface area contributed by atoms with E-state index in [1.54, 1.807) is 32.8 Å². The lowest BCUT2D eigenvalue weighted by molar-refractivity contribution is -0.384. The third kappa shape index (κ3) is 5.05. The highest BCUT2D eigenvalue weighted by Crippen LogP contribution is 2.28. The first-order valence-electron chi connectivity index (χ1n) is 8.41. The molecular formula is C18H22N4O5S. The van der Waals surface area contributed by atoms with Crippen molar-refractivity contribution in [1.82, 2.24) is 4.72 Å². The first kappa shape index (κ1) is 21.3. The Morgan fingerprint density at radius 1 is 1.11 bits per heavy atom. The number of nitro benzene ring substituents is 1. The van der Waals surface area contributed by atoms with Crippen LogP contribution in [0.3, 0.4) is 0 Å². The quantitative estimate of drug-likeness (QED) is 0.538. The van der Waals surface area contributed by atoms with Crippen LogP contribution in [0.2, 0.25) is 0 Å². The van der Waals surface area contributed by atoms with Gasteiger partial charge in [0.25, 0.3) is 11.6 Å². The summed E-state index contributed by atoms with van der Waals surface area (Å²) >= 11 is 0. The van der Waals surface area contributed by atoms with Gasteiger partial charge >= 0.3 is 0 Å². The minimum atomic E-state index is -3.63. The van der Waals surface area contributed by atoms with Crippen molar-refractivity contribution in [3.05, 3.63) is 58.1 Å². The van der Waals surface area contributed by atoms with Gasteiger partial charge < -0.3 is 10.2 Å². The molecule has 0 atom stereocenters. The largest absolute Gasteiger partial charge is 0.372 e. The molecule has 0 radical (unpaired) electrons. The maximum absolute atomic E-state index is 12.4. The lowest BCUT2D eigenvalue weighted by Crippen LogP contribution is -2.30.